The first-order valence-corrected chi connectivity index (χ1v) is 20.1. The fraction of sp³-hybridized carbons (Fsp3) is 0.298. The SMILES string of the molecule is Cn1c2ccncc2c2ccc(-c3ccc(O[C@H]4C[C@H](Oc5cnc(C#CC(C)(C)OCCOc6ccc7c(c6)CN(C6CCC(=O)NC6=O)C7=O)cc5C#N)C4)nc3)cc21. The van der Waals surface area contributed by atoms with Crippen molar-refractivity contribution in [2.24, 2.45) is 7.05 Å². The minimum Gasteiger partial charge on any atom is -0.491 e. The maximum absolute atomic E-state index is 13.0. The third-order valence-electron chi connectivity index (χ3n) is 11.3. The van der Waals surface area contributed by atoms with Crippen LogP contribution < -0.4 is 19.5 Å². The third kappa shape index (κ3) is 8.06. The number of piperidine rings is 1. The third-order valence-corrected chi connectivity index (χ3v) is 11.3. The van der Waals surface area contributed by atoms with Gasteiger partial charge in [-0.1, -0.05) is 18.1 Å². The van der Waals surface area contributed by atoms with Crippen LogP contribution in [-0.4, -0.2) is 79.2 Å². The highest BCUT2D eigenvalue weighted by Gasteiger charge is 2.39. The molecular formula is C47H41N7O7. The number of carbonyl (C=O) groups excluding carboxylic acids is 3. The maximum Gasteiger partial charge on any atom is 0.255 e. The molecule has 1 aliphatic carbocycles. The number of nitrogens with one attached hydrogen (secondary N) is 1. The van der Waals surface area contributed by atoms with E-state index in [1.165, 1.54) is 11.1 Å². The minimum absolute atomic E-state index is 0.0581. The average Bonchev–Trinajstić information content (AvgIpc) is 3.73. The van der Waals surface area contributed by atoms with Crippen LogP contribution in [0, 0.1) is 23.2 Å². The summed E-state index contributed by atoms with van der Waals surface area (Å²) in [4.78, 5) is 51.7. The van der Waals surface area contributed by atoms with Gasteiger partial charge in [-0.2, -0.15) is 5.26 Å². The summed E-state index contributed by atoms with van der Waals surface area (Å²) in [6, 6.07) is 20.7. The highest BCUT2D eigenvalue weighted by molar-refractivity contribution is 6.08. The van der Waals surface area contributed by atoms with Gasteiger partial charge in [0, 0.05) is 84.9 Å². The van der Waals surface area contributed by atoms with E-state index in [0.29, 0.717) is 53.5 Å². The molecule has 1 saturated heterocycles. The number of nitriles is 1. The average molecular weight is 816 g/mol. The predicted molar refractivity (Wildman–Crippen MR) is 223 cm³/mol. The van der Waals surface area contributed by atoms with Crippen LogP contribution in [0.25, 0.3) is 32.9 Å². The summed E-state index contributed by atoms with van der Waals surface area (Å²) >= 11 is 0. The molecule has 3 aliphatic rings. The molecule has 9 rings (SSSR count). The Balaban J connectivity index is 0.730. The van der Waals surface area contributed by atoms with E-state index in [9.17, 15) is 19.6 Å². The second kappa shape index (κ2) is 16.0. The second-order valence-electron chi connectivity index (χ2n) is 15.9. The molecule has 1 unspecified atom stereocenters. The lowest BCUT2D eigenvalue weighted by atomic mass is 9.92. The zero-order valence-corrected chi connectivity index (χ0v) is 33.8. The Kier molecular flexibility index (Phi) is 10.3. The number of carbonyl (C=O) groups is 3. The predicted octanol–water partition coefficient (Wildman–Crippen LogP) is 6.03. The first-order valence-electron chi connectivity index (χ1n) is 20.1. The van der Waals surface area contributed by atoms with Gasteiger partial charge in [-0.25, -0.2) is 9.97 Å². The molecule has 0 bridgehead atoms. The molecular weight excluding hydrogens is 775 g/mol. The molecule has 2 fully saturated rings. The van der Waals surface area contributed by atoms with Crippen molar-refractivity contribution >= 4 is 39.5 Å². The van der Waals surface area contributed by atoms with Crippen molar-refractivity contribution < 1.29 is 33.3 Å². The molecule has 1 saturated carbocycles. The van der Waals surface area contributed by atoms with Crippen molar-refractivity contribution in [1.82, 2.24) is 29.7 Å². The summed E-state index contributed by atoms with van der Waals surface area (Å²) in [5, 5.41) is 14.5. The molecule has 6 aromatic rings. The molecule has 1 N–H and O–H groups in total. The van der Waals surface area contributed by atoms with E-state index in [0.717, 1.165) is 38.5 Å². The van der Waals surface area contributed by atoms with Crippen LogP contribution in [0.5, 0.6) is 17.4 Å². The number of ether oxygens (including phenoxy) is 4. The first kappa shape index (κ1) is 39.2. The van der Waals surface area contributed by atoms with E-state index in [4.69, 9.17) is 18.9 Å². The quantitative estimate of drug-likeness (QED) is 0.0920. The summed E-state index contributed by atoms with van der Waals surface area (Å²) in [7, 11) is 2.06. The Morgan fingerprint density at radius 3 is 2.52 bits per heavy atom. The van der Waals surface area contributed by atoms with Crippen molar-refractivity contribution in [2.45, 2.75) is 69.9 Å². The number of aryl methyl sites for hydroxylation is 1. The summed E-state index contributed by atoms with van der Waals surface area (Å²) in [5.41, 5.74) is 5.50. The van der Waals surface area contributed by atoms with E-state index in [1.807, 2.05) is 50.6 Å². The van der Waals surface area contributed by atoms with Crippen LogP contribution >= 0.6 is 0 Å². The van der Waals surface area contributed by atoms with Crippen molar-refractivity contribution in [1.29, 1.82) is 5.26 Å². The van der Waals surface area contributed by atoms with Gasteiger partial charge in [-0.05, 0) is 79.8 Å². The number of hydrogen-bond donors (Lipinski definition) is 1. The van der Waals surface area contributed by atoms with E-state index < -0.39 is 17.6 Å². The number of amides is 3. The van der Waals surface area contributed by atoms with E-state index >= 15 is 0 Å². The monoisotopic (exact) mass is 815 g/mol. The standard InChI is InChI=1S/C47H41N7O7/c1-47(2,59-17-16-58-33-6-8-36-31(19-33)27-54(46(36)57)40-9-10-43(55)52-45(40)56)14-12-32-18-30(23-48)42(26-50-32)60-34-21-35(22-34)61-44-11-5-29(24-51-44)28-4-7-37-38-25-49-15-13-39(38)53(3)41(37)20-28/h4-8,11,13,15,18-20,24-26,34-35,40H,9-10,16-17,21-22,27H2,1-3H3,(H,52,55,56)/t34-,35-,40?. The van der Waals surface area contributed by atoms with Crippen LogP contribution in [-0.2, 0) is 27.9 Å². The fourth-order valence-corrected chi connectivity index (χ4v) is 7.95. The highest BCUT2D eigenvalue weighted by Crippen LogP contribution is 2.34. The van der Waals surface area contributed by atoms with Gasteiger partial charge in [0.05, 0.1) is 23.9 Å². The van der Waals surface area contributed by atoms with Crippen molar-refractivity contribution in [3.8, 4) is 46.4 Å². The van der Waals surface area contributed by atoms with Gasteiger partial charge in [-0.15, -0.1) is 0 Å². The molecule has 6 heterocycles. The summed E-state index contributed by atoms with van der Waals surface area (Å²) in [6.07, 6.45) is 8.68. The number of pyridine rings is 3. The molecule has 306 valence electrons. The molecule has 3 amide bonds. The molecule has 2 aliphatic heterocycles. The Bertz CT molecular complexity index is 2830. The summed E-state index contributed by atoms with van der Waals surface area (Å²) in [5.74, 6) is 6.59. The zero-order valence-electron chi connectivity index (χ0n) is 33.8. The van der Waals surface area contributed by atoms with Gasteiger partial charge >= 0.3 is 0 Å². The molecule has 61 heavy (non-hydrogen) atoms. The van der Waals surface area contributed by atoms with Crippen molar-refractivity contribution in [3.05, 3.63) is 108 Å². The molecule has 0 spiro atoms. The summed E-state index contributed by atoms with van der Waals surface area (Å²) < 4.78 is 26.3. The molecule has 14 heteroatoms. The van der Waals surface area contributed by atoms with E-state index in [1.54, 1.807) is 24.3 Å². The molecule has 4 aromatic heterocycles. The zero-order chi connectivity index (χ0) is 42.3. The first-order chi connectivity index (χ1) is 29.5. The van der Waals surface area contributed by atoms with Gasteiger partial charge < -0.3 is 28.4 Å². The van der Waals surface area contributed by atoms with Crippen LogP contribution in [0.4, 0.5) is 0 Å². The number of aromatic nitrogens is 4. The van der Waals surface area contributed by atoms with Crippen LogP contribution in [0.3, 0.4) is 0 Å². The Morgan fingerprint density at radius 2 is 1.72 bits per heavy atom. The number of fused-ring (bicyclic) bond motifs is 4. The van der Waals surface area contributed by atoms with Crippen LogP contribution in [0.15, 0.2) is 85.5 Å². The normalized spacial score (nSPS) is 18.5. The van der Waals surface area contributed by atoms with Crippen molar-refractivity contribution in [2.75, 3.05) is 13.2 Å². The lowest BCUT2D eigenvalue weighted by Crippen LogP contribution is -2.52. The number of benzene rings is 2. The van der Waals surface area contributed by atoms with Gasteiger partial charge in [-0.3, -0.25) is 24.7 Å². The lowest BCUT2D eigenvalue weighted by Gasteiger charge is -2.35. The summed E-state index contributed by atoms with van der Waals surface area (Å²) in [6.45, 7) is 4.39. The van der Waals surface area contributed by atoms with Crippen LogP contribution in [0.2, 0.25) is 0 Å². The number of hydrogen-bond acceptors (Lipinski definition) is 11. The Morgan fingerprint density at radius 1 is 0.885 bits per heavy atom. The van der Waals surface area contributed by atoms with Gasteiger partial charge in [0.2, 0.25) is 17.7 Å². The van der Waals surface area contributed by atoms with Gasteiger partial charge in [0.25, 0.3) is 5.91 Å². The molecule has 1 atom stereocenters. The maximum atomic E-state index is 13.0. The largest absolute Gasteiger partial charge is 0.491 e. The second-order valence-corrected chi connectivity index (χ2v) is 15.9. The fourth-order valence-electron chi connectivity index (χ4n) is 7.95. The lowest BCUT2D eigenvalue weighted by molar-refractivity contribution is -0.136. The van der Waals surface area contributed by atoms with E-state index in [2.05, 4.69) is 68.0 Å². The number of rotatable bonds is 11. The molecule has 2 aromatic carbocycles. The van der Waals surface area contributed by atoms with Crippen molar-refractivity contribution in [3.63, 3.8) is 0 Å². The Hall–Kier alpha value is -7.29. The van der Waals surface area contributed by atoms with Gasteiger partial charge in [0.15, 0.2) is 5.75 Å². The van der Waals surface area contributed by atoms with Gasteiger partial charge in [0.1, 0.15) is 48.0 Å². The highest BCUT2D eigenvalue weighted by atomic mass is 16.5. The number of nitrogens with zero attached hydrogens (tertiary/aromatic N) is 6. The smallest absolute Gasteiger partial charge is 0.255 e. The molecule has 0 radical (unpaired) electrons. The van der Waals surface area contributed by atoms with E-state index in [-0.39, 0.29) is 50.2 Å². The van der Waals surface area contributed by atoms with Crippen LogP contribution in [0.1, 0.15) is 66.7 Å². The number of imide groups is 1. The topological polar surface area (TPSA) is 171 Å². The molecule has 14 nitrogen and oxygen atoms in total. The Labute approximate surface area is 351 Å². The minimum atomic E-state index is -0.847.